The molecule has 1 N–H and O–H groups in total. The lowest BCUT2D eigenvalue weighted by Crippen LogP contribution is -2.34. The lowest BCUT2D eigenvalue weighted by molar-refractivity contribution is -0.121. The van der Waals surface area contributed by atoms with Crippen LogP contribution in [-0.4, -0.2) is 35.2 Å². The Hall–Kier alpha value is -2.87. The van der Waals surface area contributed by atoms with Crippen LogP contribution in [0.15, 0.2) is 46.8 Å². The van der Waals surface area contributed by atoms with Crippen molar-refractivity contribution in [2.24, 2.45) is 0 Å². The van der Waals surface area contributed by atoms with E-state index in [4.69, 9.17) is 9.47 Å². The Morgan fingerprint density at radius 3 is 2.65 bits per heavy atom. The SMILES string of the molecule is CCOc1ccc(OCCNC(=O)Cn2cnc3sccc3c2=O)cc1. The van der Waals surface area contributed by atoms with E-state index in [0.29, 0.717) is 35.7 Å². The van der Waals surface area contributed by atoms with Crippen LogP contribution in [0.1, 0.15) is 6.92 Å². The normalized spacial score (nSPS) is 10.7. The quantitative estimate of drug-likeness (QED) is 0.611. The number of ether oxygens (including phenoxy) is 2. The van der Waals surface area contributed by atoms with Gasteiger partial charge in [-0.3, -0.25) is 14.2 Å². The van der Waals surface area contributed by atoms with Gasteiger partial charge in [-0.1, -0.05) is 0 Å². The van der Waals surface area contributed by atoms with Gasteiger partial charge in [0.25, 0.3) is 5.56 Å². The number of amides is 1. The van der Waals surface area contributed by atoms with E-state index in [9.17, 15) is 9.59 Å². The van der Waals surface area contributed by atoms with E-state index in [1.54, 1.807) is 6.07 Å². The van der Waals surface area contributed by atoms with Crippen LogP contribution in [0.2, 0.25) is 0 Å². The number of carbonyl (C=O) groups is 1. The van der Waals surface area contributed by atoms with E-state index in [1.165, 1.54) is 22.2 Å². The van der Waals surface area contributed by atoms with Crippen molar-refractivity contribution < 1.29 is 14.3 Å². The van der Waals surface area contributed by atoms with Gasteiger partial charge >= 0.3 is 0 Å². The predicted molar refractivity (Wildman–Crippen MR) is 100.0 cm³/mol. The molecule has 0 unspecified atom stereocenters. The van der Waals surface area contributed by atoms with E-state index >= 15 is 0 Å². The molecule has 7 nitrogen and oxygen atoms in total. The van der Waals surface area contributed by atoms with Gasteiger partial charge in [0, 0.05) is 0 Å². The van der Waals surface area contributed by atoms with Crippen LogP contribution in [0.4, 0.5) is 0 Å². The standard InChI is InChI=1S/C18H19N3O4S/c1-2-24-13-3-5-14(6-4-13)25-9-8-19-16(22)11-21-12-20-17-15(18(21)23)7-10-26-17/h3-7,10,12H,2,8-9,11H2,1H3,(H,19,22). The summed E-state index contributed by atoms with van der Waals surface area (Å²) in [6.45, 7) is 3.14. The first kappa shape index (κ1) is 17.9. The molecule has 2 heterocycles. The van der Waals surface area contributed by atoms with Gasteiger partial charge in [0.2, 0.25) is 5.91 Å². The maximum atomic E-state index is 12.2. The predicted octanol–water partition coefficient (Wildman–Crippen LogP) is 2.05. The fourth-order valence-corrected chi connectivity index (χ4v) is 3.10. The summed E-state index contributed by atoms with van der Waals surface area (Å²) >= 11 is 1.40. The van der Waals surface area contributed by atoms with E-state index in [1.807, 2.05) is 36.6 Å². The van der Waals surface area contributed by atoms with Gasteiger partial charge in [0.05, 0.1) is 24.9 Å². The van der Waals surface area contributed by atoms with Crippen molar-refractivity contribution in [3.63, 3.8) is 0 Å². The zero-order valence-corrected chi connectivity index (χ0v) is 15.1. The van der Waals surface area contributed by atoms with Crippen LogP contribution in [0.5, 0.6) is 11.5 Å². The number of nitrogens with one attached hydrogen (secondary N) is 1. The first-order valence-electron chi connectivity index (χ1n) is 8.22. The summed E-state index contributed by atoms with van der Waals surface area (Å²) in [5, 5.41) is 5.07. The number of hydrogen-bond donors (Lipinski definition) is 1. The highest BCUT2D eigenvalue weighted by Crippen LogP contribution is 2.17. The Kier molecular flexibility index (Phi) is 5.85. The van der Waals surface area contributed by atoms with Crippen LogP contribution in [0.25, 0.3) is 10.2 Å². The highest BCUT2D eigenvalue weighted by molar-refractivity contribution is 7.16. The smallest absolute Gasteiger partial charge is 0.262 e. The van der Waals surface area contributed by atoms with Crippen molar-refractivity contribution in [1.29, 1.82) is 0 Å². The topological polar surface area (TPSA) is 82.4 Å². The molecule has 1 aromatic carbocycles. The number of nitrogens with zero attached hydrogens (tertiary/aromatic N) is 2. The van der Waals surface area contributed by atoms with Crippen molar-refractivity contribution >= 4 is 27.5 Å². The Bertz CT molecular complexity index is 934. The number of rotatable bonds is 8. The summed E-state index contributed by atoms with van der Waals surface area (Å²) in [7, 11) is 0. The Morgan fingerprint density at radius 1 is 1.19 bits per heavy atom. The molecule has 0 saturated carbocycles. The Balaban J connectivity index is 1.45. The van der Waals surface area contributed by atoms with Crippen molar-refractivity contribution in [2.45, 2.75) is 13.5 Å². The largest absolute Gasteiger partial charge is 0.494 e. The van der Waals surface area contributed by atoms with Crippen LogP contribution >= 0.6 is 11.3 Å². The minimum absolute atomic E-state index is 0.0688. The highest BCUT2D eigenvalue weighted by Gasteiger charge is 2.08. The number of benzene rings is 1. The minimum Gasteiger partial charge on any atom is -0.494 e. The number of fused-ring (bicyclic) bond motifs is 1. The van der Waals surface area contributed by atoms with Crippen molar-refractivity contribution in [3.05, 3.63) is 52.4 Å². The summed E-state index contributed by atoms with van der Waals surface area (Å²) in [6, 6.07) is 9.01. The third-order valence-corrected chi connectivity index (χ3v) is 4.41. The lowest BCUT2D eigenvalue weighted by Gasteiger charge is -2.09. The zero-order valence-electron chi connectivity index (χ0n) is 14.3. The molecule has 3 aromatic rings. The van der Waals surface area contributed by atoms with E-state index in [0.717, 1.165) is 5.75 Å². The monoisotopic (exact) mass is 373 g/mol. The van der Waals surface area contributed by atoms with E-state index < -0.39 is 0 Å². The molecule has 0 atom stereocenters. The van der Waals surface area contributed by atoms with E-state index in [-0.39, 0.29) is 18.0 Å². The fourth-order valence-electron chi connectivity index (χ4n) is 2.37. The highest BCUT2D eigenvalue weighted by atomic mass is 32.1. The number of aromatic nitrogens is 2. The van der Waals surface area contributed by atoms with Crippen LogP contribution in [-0.2, 0) is 11.3 Å². The maximum absolute atomic E-state index is 12.2. The second-order valence-corrected chi connectivity index (χ2v) is 6.31. The van der Waals surface area contributed by atoms with Gasteiger partial charge in [0.1, 0.15) is 29.5 Å². The molecule has 1 amide bonds. The van der Waals surface area contributed by atoms with E-state index in [2.05, 4.69) is 10.3 Å². The maximum Gasteiger partial charge on any atom is 0.262 e. The molecule has 0 saturated heterocycles. The summed E-state index contributed by atoms with van der Waals surface area (Å²) < 4.78 is 12.2. The second kappa shape index (κ2) is 8.48. The Labute approximate surface area is 154 Å². The van der Waals surface area contributed by atoms with Gasteiger partial charge in [-0.2, -0.15) is 0 Å². The molecule has 0 fully saturated rings. The van der Waals surface area contributed by atoms with Gasteiger partial charge in [-0.05, 0) is 42.6 Å². The summed E-state index contributed by atoms with van der Waals surface area (Å²) in [4.78, 5) is 29.1. The molecule has 8 heteroatoms. The van der Waals surface area contributed by atoms with Gasteiger partial charge in [0.15, 0.2) is 0 Å². The number of carbonyl (C=O) groups excluding carboxylic acids is 1. The van der Waals surface area contributed by atoms with Gasteiger partial charge in [-0.25, -0.2) is 4.98 Å². The molecule has 0 aliphatic carbocycles. The molecule has 136 valence electrons. The second-order valence-electron chi connectivity index (χ2n) is 5.42. The zero-order chi connectivity index (χ0) is 18.4. The molecule has 0 aliphatic rings. The fraction of sp³-hybridized carbons (Fsp3) is 0.278. The average molecular weight is 373 g/mol. The van der Waals surface area contributed by atoms with Crippen molar-refractivity contribution in [1.82, 2.24) is 14.9 Å². The van der Waals surface area contributed by atoms with Gasteiger partial charge < -0.3 is 14.8 Å². The minimum atomic E-state index is -0.265. The molecule has 0 bridgehead atoms. The number of thiophene rings is 1. The van der Waals surface area contributed by atoms with Crippen LogP contribution in [0.3, 0.4) is 0 Å². The summed E-state index contributed by atoms with van der Waals surface area (Å²) in [6.07, 6.45) is 1.40. The average Bonchev–Trinajstić information content (AvgIpc) is 3.12. The molecular formula is C18H19N3O4S. The third-order valence-electron chi connectivity index (χ3n) is 3.59. The summed E-state index contributed by atoms with van der Waals surface area (Å²) in [5.74, 6) is 1.22. The van der Waals surface area contributed by atoms with Gasteiger partial charge in [-0.15, -0.1) is 11.3 Å². The van der Waals surface area contributed by atoms with Crippen LogP contribution < -0.4 is 20.3 Å². The molecule has 0 aliphatic heterocycles. The molecule has 26 heavy (non-hydrogen) atoms. The first-order chi connectivity index (χ1) is 12.7. The first-order valence-corrected chi connectivity index (χ1v) is 9.10. The summed E-state index contributed by atoms with van der Waals surface area (Å²) in [5.41, 5.74) is -0.211. The molecular weight excluding hydrogens is 354 g/mol. The molecule has 3 rings (SSSR count). The van der Waals surface area contributed by atoms with Crippen molar-refractivity contribution in [3.8, 4) is 11.5 Å². The third kappa shape index (κ3) is 4.40. The number of hydrogen-bond acceptors (Lipinski definition) is 6. The lowest BCUT2D eigenvalue weighted by atomic mass is 10.3. The van der Waals surface area contributed by atoms with Crippen LogP contribution in [0, 0.1) is 0 Å². The Morgan fingerprint density at radius 2 is 1.92 bits per heavy atom. The van der Waals surface area contributed by atoms with Crippen molar-refractivity contribution in [2.75, 3.05) is 19.8 Å². The molecule has 2 aromatic heterocycles. The molecule has 0 radical (unpaired) electrons. The molecule has 0 spiro atoms.